The van der Waals surface area contributed by atoms with Gasteiger partial charge in [-0.15, -0.1) is 0 Å². The van der Waals surface area contributed by atoms with Crippen LogP contribution in [0.25, 0.3) is 0 Å². The van der Waals surface area contributed by atoms with E-state index in [2.05, 4.69) is 11.4 Å². The third kappa shape index (κ3) is 4.43. The third-order valence-corrected chi connectivity index (χ3v) is 2.48. The van der Waals surface area contributed by atoms with Gasteiger partial charge in [-0.25, -0.2) is 0 Å². The van der Waals surface area contributed by atoms with Crippen LogP contribution in [0.15, 0.2) is 18.2 Å². The van der Waals surface area contributed by atoms with Gasteiger partial charge in [0.25, 0.3) is 0 Å². The van der Waals surface area contributed by atoms with E-state index < -0.39 is 0 Å². The molecule has 1 aromatic rings. The molecule has 0 spiro atoms. The van der Waals surface area contributed by atoms with Crippen molar-refractivity contribution >= 4 is 0 Å². The number of ether oxygens (including phenoxy) is 1. The Morgan fingerprint density at radius 1 is 1.41 bits per heavy atom. The molecule has 0 bridgehead atoms. The lowest BCUT2D eigenvalue weighted by Crippen LogP contribution is -2.15. The van der Waals surface area contributed by atoms with E-state index in [4.69, 9.17) is 15.1 Å². The second-order valence-corrected chi connectivity index (χ2v) is 3.75. The minimum absolute atomic E-state index is 0.242. The van der Waals surface area contributed by atoms with Crippen LogP contribution in [0.1, 0.15) is 24.0 Å². The summed E-state index contributed by atoms with van der Waals surface area (Å²) in [6.07, 6.45) is 1.79. The lowest BCUT2D eigenvalue weighted by atomic mass is 10.1. The van der Waals surface area contributed by atoms with Crippen LogP contribution in [0.4, 0.5) is 0 Å². The van der Waals surface area contributed by atoms with Gasteiger partial charge in [0.05, 0.1) is 12.7 Å². The number of methoxy groups -OCH3 is 1. The lowest BCUT2D eigenvalue weighted by Gasteiger charge is -2.07. The van der Waals surface area contributed by atoms with Gasteiger partial charge in [0.2, 0.25) is 0 Å². The van der Waals surface area contributed by atoms with Crippen LogP contribution in [0.3, 0.4) is 0 Å². The first-order valence-corrected chi connectivity index (χ1v) is 5.70. The van der Waals surface area contributed by atoms with E-state index in [1.165, 1.54) is 0 Å². The van der Waals surface area contributed by atoms with Gasteiger partial charge < -0.3 is 15.2 Å². The highest BCUT2D eigenvalue weighted by molar-refractivity contribution is 5.45. The fourth-order valence-corrected chi connectivity index (χ4v) is 1.53. The first kappa shape index (κ1) is 13.5. The first-order chi connectivity index (χ1) is 8.31. The summed E-state index contributed by atoms with van der Waals surface area (Å²) in [6.45, 7) is 1.86. The highest BCUT2D eigenvalue weighted by atomic mass is 16.5. The van der Waals surface area contributed by atoms with Crippen molar-refractivity contribution in [2.75, 3.05) is 20.3 Å². The number of nitrogens with zero attached hydrogens (tertiary/aromatic N) is 1. The molecule has 0 heterocycles. The second kappa shape index (κ2) is 7.66. The maximum atomic E-state index is 8.84. The maximum absolute atomic E-state index is 8.84. The molecule has 17 heavy (non-hydrogen) atoms. The van der Waals surface area contributed by atoms with Crippen LogP contribution in [0.5, 0.6) is 5.75 Å². The molecule has 0 aliphatic rings. The Labute approximate surface area is 102 Å². The molecular weight excluding hydrogens is 216 g/mol. The van der Waals surface area contributed by atoms with Crippen LogP contribution < -0.4 is 10.1 Å². The number of benzene rings is 1. The quantitative estimate of drug-likeness (QED) is 0.700. The van der Waals surface area contributed by atoms with Crippen molar-refractivity contribution in [3.05, 3.63) is 29.3 Å². The Kier molecular flexibility index (Phi) is 6.08. The number of aliphatic hydroxyl groups is 1. The van der Waals surface area contributed by atoms with E-state index in [1.54, 1.807) is 13.2 Å². The van der Waals surface area contributed by atoms with Crippen LogP contribution in [-0.4, -0.2) is 25.4 Å². The predicted molar refractivity (Wildman–Crippen MR) is 65.7 cm³/mol. The monoisotopic (exact) mass is 234 g/mol. The normalized spacial score (nSPS) is 9.94. The minimum Gasteiger partial charge on any atom is -0.495 e. The average Bonchev–Trinajstić information content (AvgIpc) is 2.38. The van der Waals surface area contributed by atoms with Crippen LogP contribution in [0, 0.1) is 11.3 Å². The highest BCUT2D eigenvalue weighted by Gasteiger charge is 2.03. The molecule has 0 aromatic heterocycles. The lowest BCUT2D eigenvalue weighted by molar-refractivity contribution is 0.283. The molecule has 1 rings (SSSR count). The molecule has 4 heteroatoms. The second-order valence-electron chi connectivity index (χ2n) is 3.75. The Morgan fingerprint density at radius 3 is 2.88 bits per heavy atom. The number of unbranched alkanes of at least 4 members (excludes halogenated alkanes) is 1. The maximum Gasteiger partial charge on any atom is 0.136 e. The van der Waals surface area contributed by atoms with Crippen molar-refractivity contribution in [1.29, 1.82) is 5.26 Å². The van der Waals surface area contributed by atoms with Crippen molar-refractivity contribution < 1.29 is 9.84 Å². The summed E-state index contributed by atoms with van der Waals surface area (Å²) >= 11 is 0. The molecular formula is C13H18N2O2. The van der Waals surface area contributed by atoms with Crippen molar-refractivity contribution in [1.82, 2.24) is 5.32 Å². The van der Waals surface area contributed by atoms with Gasteiger partial charge in [0, 0.05) is 13.2 Å². The fourth-order valence-electron chi connectivity index (χ4n) is 1.53. The zero-order chi connectivity index (χ0) is 12.5. The third-order valence-electron chi connectivity index (χ3n) is 2.48. The summed E-state index contributed by atoms with van der Waals surface area (Å²) in [5.41, 5.74) is 1.64. The summed E-state index contributed by atoms with van der Waals surface area (Å²) in [5.74, 6) is 0.613. The number of nitrogens with one attached hydrogen (secondary N) is 1. The van der Waals surface area contributed by atoms with Gasteiger partial charge in [-0.3, -0.25) is 0 Å². The van der Waals surface area contributed by atoms with Crippen molar-refractivity contribution in [2.24, 2.45) is 0 Å². The summed E-state index contributed by atoms with van der Waals surface area (Å²) in [5, 5.41) is 20.8. The zero-order valence-electron chi connectivity index (χ0n) is 10.1. The Bertz CT molecular complexity index is 385. The van der Waals surface area contributed by atoms with Gasteiger partial charge in [-0.05, 0) is 37.1 Å². The average molecular weight is 234 g/mol. The van der Waals surface area contributed by atoms with Gasteiger partial charge in [-0.2, -0.15) is 5.26 Å². The van der Waals surface area contributed by atoms with E-state index in [0.717, 1.165) is 31.5 Å². The van der Waals surface area contributed by atoms with Crippen molar-refractivity contribution in [3.8, 4) is 11.8 Å². The minimum atomic E-state index is 0.242. The number of hydrogen-bond donors (Lipinski definition) is 2. The molecule has 0 radical (unpaired) electrons. The molecule has 0 atom stereocenters. The van der Waals surface area contributed by atoms with E-state index in [9.17, 15) is 0 Å². The molecule has 2 N–H and O–H groups in total. The number of hydrogen-bond acceptors (Lipinski definition) is 4. The molecule has 0 aliphatic heterocycles. The molecule has 0 fully saturated rings. The Morgan fingerprint density at radius 2 is 2.24 bits per heavy atom. The van der Waals surface area contributed by atoms with Crippen molar-refractivity contribution in [3.63, 3.8) is 0 Å². The molecule has 0 amide bonds. The van der Waals surface area contributed by atoms with Crippen LogP contribution >= 0.6 is 0 Å². The molecule has 0 saturated heterocycles. The largest absolute Gasteiger partial charge is 0.495 e. The number of nitriles is 1. The van der Waals surface area contributed by atoms with E-state index in [-0.39, 0.29) is 6.61 Å². The van der Waals surface area contributed by atoms with Gasteiger partial charge in [-0.1, -0.05) is 6.07 Å². The Hall–Kier alpha value is -1.57. The number of rotatable bonds is 7. The van der Waals surface area contributed by atoms with Crippen molar-refractivity contribution in [2.45, 2.75) is 19.4 Å². The van der Waals surface area contributed by atoms with E-state index in [0.29, 0.717) is 11.3 Å². The molecule has 4 nitrogen and oxygen atoms in total. The summed E-state index contributed by atoms with van der Waals surface area (Å²) in [6, 6.07) is 7.64. The van der Waals surface area contributed by atoms with Gasteiger partial charge >= 0.3 is 0 Å². The standard InChI is InChI=1S/C13H18N2O2/c1-17-13-8-11(4-5-12(13)9-14)10-15-6-2-3-7-16/h4-5,8,15-16H,2-3,6-7,10H2,1H3. The van der Waals surface area contributed by atoms with E-state index in [1.807, 2.05) is 12.1 Å². The molecule has 0 unspecified atom stereocenters. The smallest absolute Gasteiger partial charge is 0.136 e. The Balaban J connectivity index is 2.47. The summed E-state index contributed by atoms with van der Waals surface area (Å²) < 4.78 is 5.14. The fraction of sp³-hybridized carbons (Fsp3) is 0.462. The van der Waals surface area contributed by atoms with Crippen LogP contribution in [0.2, 0.25) is 0 Å². The summed E-state index contributed by atoms with van der Waals surface area (Å²) in [4.78, 5) is 0. The first-order valence-electron chi connectivity index (χ1n) is 5.70. The summed E-state index contributed by atoms with van der Waals surface area (Å²) in [7, 11) is 1.56. The van der Waals surface area contributed by atoms with Gasteiger partial charge in [0.15, 0.2) is 0 Å². The number of aliphatic hydroxyl groups excluding tert-OH is 1. The van der Waals surface area contributed by atoms with E-state index >= 15 is 0 Å². The SMILES string of the molecule is COc1cc(CNCCCCO)ccc1C#N. The highest BCUT2D eigenvalue weighted by Crippen LogP contribution is 2.18. The zero-order valence-corrected chi connectivity index (χ0v) is 10.1. The predicted octanol–water partition coefficient (Wildman–Crippen LogP) is 1.43. The van der Waals surface area contributed by atoms with Crippen LogP contribution in [-0.2, 0) is 6.54 Å². The molecule has 92 valence electrons. The topological polar surface area (TPSA) is 65.3 Å². The molecule has 0 saturated carbocycles. The van der Waals surface area contributed by atoms with Gasteiger partial charge in [0.1, 0.15) is 11.8 Å². The molecule has 0 aliphatic carbocycles. The molecule has 1 aromatic carbocycles.